The topological polar surface area (TPSA) is 75.9 Å². The van der Waals surface area contributed by atoms with Crippen LogP contribution in [-0.2, 0) is 5.75 Å². The van der Waals surface area contributed by atoms with Gasteiger partial charge in [-0.3, -0.25) is 4.79 Å². The standard InChI is InChI=1S/C19H22N6OS.ClH/c1-20-12-13-24(2)19(26)16-10-6-7-11-17(16)27-14-18-21-22-23-25(18)15-8-4-3-5-9-15;/h3-11,20H,12-14H2,1-2H3;1H. The fourth-order valence-electron chi connectivity index (χ4n) is 2.56. The Bertz CT molecular complexity index is 889. The molecule has 1 amide bonds. The molecule has 2 aromatic carbocycles. The Balaban J connectivity index is 0.00000280. The van der Waals surface area contributed by atoms with E-state index in [0.717, 1.165) is 23.0 Å². The minimum absolute atomic E-state index is 0. The van der Waals surface area contributed by atoms with Crippen molar-refractivity contribution >= 4 is 30.1 Å². The number of aromatic nitrogens is 4. The molecule has 0 unspecified atom stereocenters. The van der Waals surface area contributed by atoms with Crippen LogP contribution in [0.2, 0.25) is 0 Å². The van der Waals surface area contributed by atoms with Crippen LogP contribution in [0.5, 0.6) is 0 Å². The van der Waals surface area contributed by atoms with Gasteiger partial charge < -0.3 is 10.2 Å². The van der Waals surface area contributed by atoms with Crippen LogP contribution in [0.15, 0.2) is 59.5 Å². The highest BCUT2D eigenvalue weighted by atomic mass is 35.5. The number of nitrogens with zero attached hydrogens (tertiary/aromatic N) is 5. The molecule has 0 radical (unpaired) electrons. The summed E-state index contributed by atoms with van der Waals surface area (Å²) >= 11 is 1.56. The number of tetrazole rings is 1. The number of hydrogen-bond donors (Lipinski definition) is 1. The van der Waals surface area contributed by atoms with Gasteiger partial charge in [-0.25, -0.2) is 0 Å². The molecule has 0 spiro atoms. The molecule has 9 heteroatoms. The van der Waals surface area contributed by atoms with Crippen molar-refractivity contribution in [3.05, 3.63) is 66.0 Å². The van der Waals surface area contributed by atoms with Gasteiger partial charge in [-0.2, -0.15) is 4.68 Å². The minimum atomic E-state index is 0. The number of thioether (sulfide) groups is 1. The van der Waals surface area contributed by atoms with Crippen molar-refractivity contribution in [1.29, 1.82) is 0 Å². The van der Waals surface area contributed by atoms with Crippen molar-refractivity contribution in [3.8, 4) is 5.69 Å². The Labute approximate surface area is 174 Å². The summed E-state index contributed by atoms with van der Waals surface area (Å²) in [7, 11) is 3.69. The van der Waals surface area contributed by atoms with E-state index in [1.807, 2.05) is 68.7 Å². The Morgan fingerprint density at radius 1 is 1.14 bits per heavy atom. The second-order valence-electron chi connectivity index (χ2n) is 5.96. The molecule has 1 aromatic heterocycles. The number of para-hydroxylation sites is 1. The SMILES string of the molecule is CNCCN(C)C(=O)c1ccccc1SCc1nnnn1-c1ccccc1.Cl. The summed E-state index contributed by atoms with van der Waals surface area (Å²) in [5.41, 5.74) is 1.61. The largest absolute Gasteiger partial charge is 0.340 e. The van der Waals surface area contributed by atoms with Gasteiger partial charge in [-0.05, 0) is 41.7 Å². The molecular weight excluding hydrogens is 396 g/mol. The van der Waals surface area contributed by atoms with Crippen molar-refractivity contribution in [2.45, 2.75) is 10.6 Å². The highest BCUT2D eigenvalue weighted by Crippen LogP contribution is 2.27. The fourth-order valence-corrected chi connectivity index (χ4v) is 3.51. The van der Waals surface area contributed by atoms with Crippen LogP contribution in [0.3, 0.4) is 0 Å². The monoisotopic (exact) mass is 418 g/mol. The van der Waals surface area contributed by atoms with Crippen LogP contribution in [-0.4, -0.2) is 58.2 Å². The van der Waals surface area contributed by atoms with Crippen LogP contribution in [0.1, 0.15) is 16.2 Å². The quantitative estimate of drug-likeness (QED) is 0.567. The smallest absolute Gasteiger partial charge is 0.254 e. The van der Waals surface area contributed by atoms with E-state index in [1.165, 1.54) is 0 Å². The number of benzene rings is 2. The number of halogens is 1. The lowest BCUT2D eigenvalue weighted by Crippen LogP contribution is -2.33. The Hall–Kier alpha value is -2.42. The van der Waals surface area contributed by atoms with E-state index in [9.17, 15) is 4.79 Å². The maximum atomic E-state index is 12.8. The number of hydrogen-bond acceptors (Lipinski definition) is 6. The van der Waals surface area contributed by atoms with E-state index in [1.54, 1.807) is 21.3 Å². The zero-order valence-electron chi connectivity index (χ0n) is 15.8. The van der Waals surface area contributed by atoms with Gasteiger partial charge in [-0.1, -0.05) is 30.3 Å². The molecule has 3 aromatic rings. The predicted molar refractivity (Wildman–Crippen MR) is 113 cm³/mol. The molecule has 0 saturated heterocycles. The van der Waals surface area contributed by atoms with Crippen molar-refractivity contribution in [2.24, 2.45) is 0 Å². The molecule has 0 fully saturated rings. The average molecular weight is 419 g/mol. The van der Waals surface area contributed by atoms with E-state index in [-0.39, 0.29) is 18.3 Å². The number of likely N-dealkylation sites (N-methyl/N-ethyl adjacent to an activating group) is 2. The molecule has 0 bridgehead atoms. The van der Waals surface area contributed by atoms with E-state index in [4.69, 9.17) is 0 Å². The lowest BCUT2D eigenvalue weighted by Gasteiger charge is -2.18. The third kappa shape index (κ3) is 5.31. The molecule has 0 atom stereocenters. The molecule has 0 aliphatic rings. The molecule has 0 aliphatic carbocycles. The molecular formula is C19H23ClN6OS. The van der Waals surface area contributed by atoms with Crippen LogP contribution < -0.4 is 5.32 Å². The summed E-state index contributed by atoms with van der Waals surface area (Å²) in [4.78, 5) is 15.4. The molecule has 7 nitrogen and oxygen atoms in total. The number of carbonyl (C=O) groups is 1. The minimum Gasteiger partial charge on any atom is -0.340 e. The lowest BCUT2D eigenvalue weighted by molar-refractivity contribution is 0.0793. The summed E-state index contributed by atoms with van der Waals surface area (Å²) in [5.74, 6) is 1.31. The molecule has 0 aliphatic heterocycles. The van der Waals surface area contributed by atoms with E-state index < -0.39 is 0 Å². The van der Waals surface area contributed by atoms with Crippen molar-refractivity contribution in [1.82, 2.24) is 30.4 Å². The second-order valence-corrected chi connectivity index (χ2v) is 6.97. The zero-order valence-corrected chi connectivity index (χ0v) is 17.4. The molecule has 0 saturated carbocycles. The van der Waals surface area contributed by atoms with Gasteiger partial charge in [0.05, 0.1) is 17.0 Å². The summed E-state index contributed by atoms with van der Waals surface area (Å²) in [6, 6.07) is 17.4. The third-order valence-electron chi connectivity index (χ3n) is 4.05. The molecule has 148 valence electrons. The molecule has 1 heterocycles. The Morgan fingerprint density at radius 3 is 2.61 bits per heavy atom. The summed E-state index contributed by atoms with van der Waals surface area (Å²) in [6.07, 6.45) is 0. The molecule has 28 heavy (non-hydrogen) atoms. The molecule has 1 N–H and O–H groups in total. The summed E-state index contributed by atoms with van der Waals surface area (Å²) in [5, 5.41) is 15.1. The zero-order chi connectivity index (χ0) is 19.1. The lowest BCUT2D eigenvalue weighted by atomic mass is 10.2. The van der Waals surface area contributed by atoms with E-state index >= 15 is 0 Å². The number of amides is 1. The van der Waals surface area contributed by atoms with E-state index in [0.29, 0.717) is 17.9 Å². The maximum absolute atomic E-state index is 12.8. The first-order valence-electron chi connectivity index (χ1n) is 8.65. The van der Waals surface area contributed by atoms with Gasteiger partial charge in [0.15, 0.2) is 5.82 Å². The number of carbonyl (C=O) groups excluding carboxylic acids is 1. The van der Waals surface area contributed by atoms with Crippen molar-refractivity contribution in [2.75, 3.05) is 27.2 Å². The number of rotatable bonds is 8. The normalized spacial score (nSPS) is 10.4. The summed E-state index contributed by atoms with van der Waals surface area (Å²) < 4.78 is 1.72. The summed E-state index contributed by atoms with van der Waals surface area (Å²) in [6.45, 7) is 1.41. The first kappa shape index (κ1) is 21.9. The van der Waals surface area contributed by atoms with Crippen molar-refractivity contribution < 1.29 is 4.79 Å². The van der Waals surface area contributed by atoms with Gasteiger partial charge in [0, 0.05) is 25.0 Å². The highest BCUT2D eigenvalue weighted by molar-refractivity contribution is 7.98. The predicted octanol–water partition coefficient (Wildman–Crippen LogP) is 2.67. The van der Waals surface area contributed by atoms with Crippen LogP contribution in [0, 0.1) is 0 Å². The number of nitrogens with one attached hydrogen (secondary N) is 1. The Morgan fingerprint density at radius 2 is 1.86 bits per heavy atom. The highest BCUT2D eigenvalue weighted by Gasteiger charge is 2.16. The van der Waals surface area contributed by atoms with Gasteiger partial charge in [0.25, 0.3) is 5.91 Å². The Kier molecular flexibility index (Phi) is 8.43. The first-order chi connectivity index (χ1) is 13.2. The van der Waals surface area contributed by atoms with Crippen LogP contribution in [0.25, 0.3) is 5.69 Å². The fraction of sp³-hybridized carbons (Fsp3) is 0.263. The van der Waals surface area contributed by atoms with Crippen LogP contribution >= 0.6 is 24.2 Å². The van der Waals surface area contributed by atoms with Gasteiger partial charge >= 0.3 is 0 Å². The maximum Gasteiger partial charge on any atom is 0.254 e. The first-order valence-corrected chi connectivity index (χ1v) is 9.64. The average Bonchev–Trinajstić information content (AvgIpc) is 3.19. The van der Waals surface area contributed by atoms with Gasteiger partial charge in [0.2, 0.25) is 0 Å². The third-order valence-corrected chi connectivity index (χ3v) is 5.12. The van der Waals surface area contributed by atoms with Gasteiger partial charge in [0.1, 0.15) is 0 Å². The molecule has 3 rings (SSSR count). The van der Waals surface area contributed by atoms with Crippen LogP contribution in [0.4, 0.5) is 0 Å². The second kappa shape index (κ2) is 10.8. The van der Waals surface area contributed by atoms with Gasteiger partial charge in [-0.15, -0.1) is 29.3 Å². The van der Waals surface area contributed by atoms with Crippen molar-refractivity contribution in [3.63, 3.8) is 0 Å². The van der Waals surface area contributed by atoms with E-state index in [2.05, 4.69) is 20.8 Å².